The van der Waals surface area contributed by atoms with Gasteiger partial charge in [-0.15, -0.1) is 0 Å². The molecule has 23 heavy (non-hydrogen) atoms. The monoisotopic (exact) mass is 339 g/mol. The van der Waals surface area contributed by atoms with E-state index in [0.717, 1.165) is 6.54 Å². The highest BCUT2D eigenvalue weighted by molar-refractivity contribution is 7.99. The van der Waals surface area contributed by atoms with Crippen LogP contribution in [0, 0.1) is 0 Å². The van der Waals surface area contributed by atoms with Gasteiger partial charge in [0.05, 0.1) is 13.6 Å². The van der Waals surface area contributed by atoms with Crippen LogP contribution < -0.4 is 4.57 Å². The molecule has 0 N–H and O–H groups in total. The van der Waals surface area contributed by atoms with Crippen LogP contribution in [-0.2, 0) is 13.6 Å². The van der Waals surface area contributed by atoms with Crippen molar-refractivity contribution in [2.45, 2.75) is 90.5 Å². The van der Waals surface area contributed by atoms with Crippen LogP contribution in [0.5, 0.6) is 0 Å². The van der Waals surface area contributed by atoms with Crippen LogP contribution in [0.15, 0.2) is 18.7 Å². The third-order valence-electron chi connectivity index (χ3n) is 4.46. The van der Waals surface area contributed by atoms with E-state index < -0.39 is 0 Å². The molecule has 0 spiro atoms. The minimum atomic E-state index is 1.14. The van der Waals surface area contributed by atoms with Crippen molar-refractivity contribution in [1.82, 2.24) is 4.57 Å². The van der Waals surface area contributed by atoms with Gasteiger partial charge in [0.1, 0.15) is 12.4 Å². The molecule has 0 unspecified atom stereocenters. The zero-order chi connectivity index (χ0) is 16.6. The summed E-state index contributed by atoms with van der Waals surface area (Å²) < 4.78 is 4.38. The van der Waals surface area contributed by atoms with Crippen molar-refractivity contribution in [3.8, 4) is 0 Å². The normalized spacial score (nSPS) is 11.2. The van der Waals surface area contributed by atoms with Crippen LogP contribution in [0.1, 0.15) is 84.0 Å². The van der Waals surface area contributed by atoms with Gasteiger partial charge in [-0.3, -0.25) is 0 Å². The van der Waals surface area contributed by atoms with E-state index >= 15 is 0 Å². The minimum Gasteiger partial charge on any atom is -0.240 e. The van der Waals surface area contributed by atoms with Gasteiger partial charge in [-0.2, -0.15) is 11.8 Å². The maximum absolute atomic E-state index is 2.29. The Kier molecular flexibility index (Phi) is 13.5. The number of unbranched alkanes of at least 4 members (excludes halogenated alkanes) is 11. The van der Waals surface area contributed by atoms with Gasteiger partial charge in [-0.1, -0.05) is 77.6 Å². The van der Waals surface area contributed by atoms with Gasteiger partial charge in [-0.25, -0.2) is 9.13 Å². The molecule has 1 heterocycles. The molecule has 0 saturated heterocycles. The first kappa shape index (κ1) is 20.6. The number of thioether (sulfide) groups is 1. The molecule has 0 radical (unpaired) electrons. The van der Waals surface area contributed by atoms with Crippen molar-refractivity contribution >= 4 is 11.8 Å². The molecule has 0 fully saturated rings. The Morgan fingerprint density at radius 1 is 0.783 bits per heavy atom. The van der Waals surface area contributed by atoms with E-state index in [-0.39, 0.29) is 0 Å². The molecule has 2 nitrogen and oxygen atoms in total. The van der Waals surface area contributed by atoms with Crippen LogP contribution >= 0.6 is 11.8 Å². The largest absolute Gasteiger partial charge is 0.243 e. The lowest BCUT2D eigenvalue weighted by Crippen LogP contribution is -2.23. The maximum atomic E-state index is 2.29. The first-order valence-electron chi connectivity index (χ1n) is 9.91. The fraction of sp³-hybridized carbons (Fsp3) is 0.850. The zero-order valence-electron chi connectivity index (χ0n) is 15.6. The summed E-state index contributed by atoms with van der Waals surface area (Å²) in [6.45, 7) is 3.44. The predicted molar refractivity (Wildman–Crippen MR) is 104 cm³/mol. The Balaban J connectivity index is 1.71. The Morgan fingerprint density at radius 2 is 1.35 bits per heavy atom. The van der Waals surface area contributed by atoms with E-state index in [1.54, 1.807) is 0 Å². The lowest BCUT2D eigenvalue weighted by Gasteiger charge is -2.03. The summed E-state index contributed by atoms with van der Waals surface area (Å²) in [6, 6.07) is 0. The second kappa shape index (κ2) is 15.1. The first-order valence-corrected chi connectivity index (χ1v) is 11.1. The van der Waals surface area contributed by atoms with Crippen LogP contribution in [0.25, 0.3) is 0 Å². The van der Waals surface area contributed by atoms with Gasteiger partial charge in [0, 0.05) is 5.75 Å². The standard InChI is InChI=1S/C20H39N2S/c1-3-4-5-6-7-8-9-10-11-12-13-14-18-23-19-17-22-16-15-21(2)20-22/h15-16,20H,3-14,17-19H2,1-2H3/q+1. The molecule has 0 aromatic carbocycles. The molecular weight excluding hydrogens is 300 g/mol. The molecule has 0 atom stereocenters. The fourth-order valence-electron chi connectivity index (χ4n) is 2.95. The van der Waals surface area contributed by atoms with Crippen molar-refractivity contribution in [3.05, 3.63) is 18.7 Å². The number of imidazole rings is 1. The van der Waals surface area contributed by atoms with E-state index in [0.29, 0.717) is 0 Å². The molecule has 0 saturated carbocycles. The van der Waals surface area contributed by atoms with Gasteiger partial charge >= 0.3 is 0 Å². The lowest BCUT2D eigenvalue weighted by molar-refractivity contribution is -0.671. The highest BCUT2D eigenvalue weighted by Crippen LogP contribution is 2.13. The number of nitrogens with zero attached hydrogens (tertiary/aromatic N) is 2. The van der Waals surface area contributed by atoms with E-state index in [4.69, 9.17) is 0 Å². The van der Waals surface area contributed by atoms with E-state index in [1.807, 2.05) is 0 Å². The smallest absolute Gasteiger partial charge is 0.240 e. The lowest BCUT2D eigenvalue weighted by atomic mass is 10.1. The van der Waals surface area contributed by atoms with Crippen molar-refractivity contribution in [2.24, 2.45) is 7.05 Å². The van der Waals surface area contributed by atoms with Gasteiger partial charge in [0.15, 0.2) is 0 Å². The summed E-state index contributed by atoms with van der Waals surface area (Å²) >= 11 is 2.11. The molecule has 1 rings (SSSR count). The highest BCUT2D eigenvalue weighted by atomic mass is 32.2. The topological polar surface area (TPSA) is 8.81 Å². The molecule has 0 aliphatic rings. The summed E-state index contributed by atoms with van der Waals surface area (Å²) in [6.07, 6.45) is 23.7. The first-order chi connectivity index (χ1) is 11.3. The Bertz CT molecular complexity index is 362. The number of hydrogen-bond donors (Lipinski definition) is 0. The van der Waals surface area contributed by atoms with Crippen LogP contribution in [0.3, 0.4) is 0 Å². The Morgan fingerprint density at radius 3 is 1.87 bits per heavy atom. The second-order valence-corrected chi connectivity index (χ2v) is 8.04. The second-order valence-electron chi connectivity index (χ2n) is 6.82. The molecule has 0 amide bonds. The number of aryl methyl sites for hydroxylation is 2. The van der Waals surface area contributed by atoms with Crippen molar-refractivity contribution in [2.75, 3.05) is 11.5 Å². The predicted octanol–water partition coefficient (Wildman–Crippen LogP) is 5.75. The minimum absolute atomic E-state index is 1.14. The van der Waals surface area contributed by atoms with Crippen molar-refractivity contribution < 1.29 is 4.57 Å². The molecule has 0 aliphatic carbocycles. The third kappa shape index (κ3) is 12.6. The van der Waals surface area contributed by atoms with E-state index in [2.05, 4.69) is 53.6 Å². The van der Waals surface area contributed by atoms with Gasteiger partial charge < -0.3 is 0 Å². The number of hydrogen-bond acceptors (Lipinski definition) is 1. The molecule has 0 aliphatic heterocycles. The number of aromatic nitrogens is 2. The fourth-order valence-corrected chi connectivity index (χ4v) is 3.90. The van der Waals surface area contributed by atoms with Crippen molar-refractivity contribution in [1.29, 1.82) is 0 Å². The number of rotatable bonds is 16. The van der Waals surface area contributed by atoms with Crippen molar-refractivity contribution in [3.63, 3.8) is 0 Å². The summed E-state index contributed by atoms with van der Waals surface area (Å²) in [5.41, 5.74) is 0. The summed E-state index contributed by atoms with van der Waals surface area (Å²) in [7, 11) is 2.08. The molecular formula is C20H39N2S+. The summed E-state index contributed by atoms with van der Waals surface area (Å²) in [4.78, 5) is 0. The van der Waals surface area contributed by atoms with Crippen LogP contribution in [0.2, 0.25) is 0 Å². The van der Waals surface area contributed by atoms with E-state index in [9.17, 15) is 0 Å². The van der Waals surface area contributed by atoms with Crippen LogP contribution in [0.4, 0.5) is 0 Å². The summed E-state index contributed by atoms with van der Waals surface area (Å²) in [5.74, 6) is 2.58. The van der Waals surface area contributed by atoms with Gasteiger partial charge in [0.2, 0.25) is 6.33 Å². The zero-order valence-corrected chi connectivity index (χ0v) is 16.5. The van der Waals surface area contributed by atoms with Gasteiger partial charge in [0.25, 0.3) is 0 Å². The molecule has 0 bridgehead atoms. The van der Waals surface area contributed by atoms with Gasteiger partial charge in [-0.05, 0) is 12.2 Å². The molecule has 3 heteroatoms. The molecule has 134 valence electrons. The Labute approximate surface area is 149 Å². The Hall–Kier alpha value is -0.440. The third-order valence-corrected chi connectivity index (χ3v) is 5.51. The quantitative estimate of drug-likeness (QED) is 0.275. The van der Waals surface area contributed by atoms with Crippen LogP contribution in [-0.4, -0.2) is 16.1 Å². The maximum Gasteiger partial charge on any atom is 0.243 e. The van der Waals surface area contributed by atoms with E-state index in [1.165, 1.54) is 88.6 Å². The average molecular weight is 340 g/mol. The molecule has 1 aromatic heterocycles. The highest BCUT2D eigenvalue weighted by Gasteiger charge is 1.99. The molecule has 1 aromatic rings. The SMILES string of the molecule is CCCCCCCCCCCCCCSCCn1cc[n+](C)c1. The average Bonchev–Trinajstić information content (AvgIpc) is 2.96. The summed E-state index contributed by atoms with van der Waals surface area (Å²) in [5, 5.41) is 0.